The summed E-state index contributed by atoms with van der Waals surface area (Å²) in [6.45, 7) is 7.55. The van der Waals surface area contributed by atoms with E-state index in [9.17, 15) is 9.59 Å². The highest BCUT2D eigenvalue weighted by atomic mass is 79.9. The fourth-order valence-electron chi connectivity index (χ4n) is 2.13. The van der Waals surface area contributed by atoms with E-state index in [1.807, 2.05) is 45.0 Å². The van der Waals surface area contributed by atoms with Crippen LogP contribution in [-0.4, -0.2) is 28.3 Å². The molecule has 7 heteroatoms. The van der Waals surface area contributed by atoms with E-state index < -0.39 is 5.54 Å². The lowest BCUT2D eigenvalue weighted by atomic mass is 9.93. The fourth-order valence-corrected chi connectivity index (χ4v) is 3.14. The SMILES string of the molecule is CC(C)(C)NC(=O)CSC1=NC(C)(c2ccc(Br)cc2)C(=O)N1. The van der Waals surface area contributed by atoms with Crippen molar-refractivity contribution < 1.29 is 9.59 Å². The van der Waals surface area contributed by atoms with E-state index in [4.69, 9.17) is 0 Å². The van der Waals surface area contributed by atoms with E-state index in [2.05, 4.69) is 31.6 Å². The maximum Gasteiger partial charge on any atom is 0.258 e. The normalized spacial score (nSPS) is 20.9. The van der Waals surface area contributed by atoms with Gasteiger partial charge < -0.3 is 10.6 Å². The standard InChI is InChI=1S/C16H20BrN3O2S/c1-15(2,3)19-12(21)9-23-14-18-13(22)16(4,20-14)10-5-7-11(17)8-6-10/h5-8H,9H2,1-4H3,(H,19,21)(H,18,20,22). The lowest BCUT2D eigenvalue weighted by Crippen LogP contribution is -2.42. The summed E-state index contributed by atoms with van der Waals surface area (Å²) in [5.41, 5.74) is -0.415. The van der Waals surface area contributed by atoms with Crippen molar-refractivity contribution in [3.8, 4) is 0 Å². The molecule has 0 saturated heterocycles. The van der Waals surface area contributed by atoms with Gasteiger partial charge in [-0.15, -0.1) is 0 Å². The fraction of sp³-hybridized carbons (Fsp3) is 0.438. The Labute approximate surface area is 148 Å². The Hall–Kier alpha value is -1.34. The van der Waals surface area contributed by atoms with Gasteiger partial charge in [0.15, 0.2) is 10.7 Å². The molecule has 2 rings (SSSR count). The number of amides is 2. The van der Waals surface area contributed by atoms with Gasteiger partial charge in [0.25, 0.3) is 5.91 Å². The van der Waals surface area contributed by atoms with Gasteiger partial charge in [-0.25, -0.2) is 4.99 Å². The third-order valence-corrected chi connectivity index (χ3v) is 4.65. The van der Waals surface area contributed by atoms with Gasteiger partial charge in [-0.05, 0) is 45.4 Å². The summed E-state index contributed by atoms with van der Waals surface area (Å²) in [6, 6.07) is 7.50. The number of hydrogen-bond donors (Lipinski definition) is 2. The van der Waals surface area contributed by atoms with Crippen LogP contribution in [0.25, 0.3) is 0 Å². The van der Waals surface area contributed by atoms with E-state index in [-0.39, 0.29) is 23.1 Å². The Morgan fingerprint density at radius 1 is 1.35 bits per heavy atom. The second kappa shape index (κ2) is 6.65. The van der Waals surface area contributed by atoms with Gasteiger partial charge in [0, 0.05) is 10.0 Å². The van der Waals surface area contributed by atoms with Crippen LogP contribution in [0.5, 0.6) is 0 Å². The van der Waals surface area contributed by atoms with Crippen LogP contribution in [0.3, 0.4) is 0 Å². The molecule has 1 aromatic carbocycles. The number of nitrogens with one attached hydrogen (secondary N) is 2. The first-order valence-corrected chi connectivity index (χ1v) is 8.99. The molecule has 0 aliphatic carbocycles. The molecule has 124 valence electrons. The van der Waals surface area contributed by atoms with E-state index in [1.165, 1.54) is 11.8 Å². The molecule has 1 unspecified atom stereocenters. The third-order valence-electron chi connectivity index (χ3n) is 3.25. The predicted molar refractivity (Wildman–Crippen MR) is 97.4 cm³/mol. The minimum atomic E-state index is -0.955. The molecule has 1 aliphatic heterocycles. The number of carbonyl (C=O) groups is 2. The van der Waals surface area contributed by atoms with E-state index in [1.54, 1.807) is 6.92 Å². The molecule has 0 spiro atoms. The zero-order valence-electron chi connectivity index (χ0n) is 13.6. The zero-order chi connectivity index (χ0) is 17.3. The van der Waals surface area contributed by atoms with Crippen molar-refractivity contribution in [1.29, 1.82) is 0 Å². The smallest absolute Gasteiger partial charge is 0.258 e. The second-order valence-corrected chi connectivity index (χ2v) is 8.42. The van der Waals surface area contributed by atoms with Crippen molar-refractivity contribution in [1.82, 2.24) is 10.6 Å². The number of hydrogen-bond acceptors (Lipinski definition) is 4. The molecule has 23 heavy (non-hydrogen) atoms. The summed E-state index contributed by atoms with van der Waals surface area (Å²) in [4.78, 5) is 28.7. The van der Waals surface area contributed by atoms with Gasteiger partial charge in [-0.1, -0.05) is 39.8 Å². The topological polar surface area (TPSA) is 70.6 Å². The summed E-state index contributed by atoms with van der Waals surface area (Å²) >= 11 is 4.61. The Bertz CT molecular complexity index is 652. The van der Waals surface area contributed by atoms with Crippen LogP contribution in [0.2, 0.25) is 0 Å². The predicted octanol–water partition coefficient (Wildman–Crippen LogP) is 2.80. The third kappa shape index (κ3) is 4.57. The molecular weight excluding hydrogens is 378 g/mol. The average molecular weight is 398 g/mol. The number of benzene rings is 1. The molecule has 5 nitrogen and oxygen atoms in total. The highest BCUT2D eigenvalue weighted by Crippen LogP contribution is 2.31. The second-order valence-electron chi connectivity index (χ2n) is 6.54. The minimum absolute atomic E-state index is 0.0864. The average Bonchev–Trinajstić information content (AvgIpc) is 2.72. The Morgan fingerprint density at radius 2 is 1.96 bits per heavy atom. The molecular formula is C16H20BrN3O2S. The highest BCUT2D eigenvalue weighted by Gasteiger charge is 2.40. The van der Waals surface area contributed by atoms with Gasteiger partial charge in [0.1, 0.15) is 0 Å². The van der Waals surface area contributed by atoms with Crippen molar-refractivity contribution >= 4 is 44.7 Å². The maximum absolute atomic E-state index is 12.3. The van der Waals surface area contributed by atoms with Gasteiger partial charge in [0.05, 0.1) is 5.75 Å². The molecule has 0 bridgehead atoms. The van der Waals surface area contributed by atoms with Crippen LogP contribution in [0.4, 0.5) is 0 Å². The molecule has 1 aromatic rings. The number of thioether (sulfide) groups is 1. The summed E-state index contributed by atoms with van der Waals surface area (Å²) in [7, 11) is 0. The summed E-state index contributed by atoms with van der Waals surface area (Å²) in [6.07, 6.45) is 0. The van der Waals surface area contributed by atoms with Crippen molar-refractivity contribution in [3.05, 3.63) is 34.3 Å². The van der Waals surface area contributed by atoms with Crippen LogP contribution < -0.4 is 10.6 Å². The van der Waals surface area contributed by atoms with Crippen molar-refractivity contribution in [2.24, 2.45) is 4.99 Å². The lowest BCUT2D eigenvalue weighted by Gasteiger charge is -2.20. The number of amidine groups is 1. The molecule has 1 atom stereocenters. The first kappa shape index (κ1) is 18.0. The monoisotopic (exact) mass is 397 g/mol. The molecule has 2 amide bonds. The van der Waals surface area contributed by atoms with Crippen LogP contribution >= 0.6 is 27.7 Å². The summed E-state index contributed by atoms with van der Waals surface area (Å²) in [5.74, 6) is -0.0532. The van der Waals surface area contributed by atoms with Crippen LogP contribution in [0.1, 0.15) is 33.3 Å². The number of carbonyl (C=O) groups excluding carboxylic acids is 2. The van der Waals surface area contributed by atoms with Crippen LogP contribution in [-0.2, 0) is 15.1 Å². The minimum Gasteiger partial charge on any atom is -0.351 e. The molecule has 0 radical (unpaired) electrons. The molecule has 0 saturated carbocycles. The van der Waals surface area contributed by atoms with E-state index in [0.29, 0.717) is 5.17 Å². The molecule has 0 fully saturated rings. The number of halogens is 1. The summed E-state index contributed by atoms with van der Waals surface area (Å²) < 4.78 is 0.945. The number of nitrogens with zero attached hydrogens (tertiary/aromatic N) is 1. The van der Waals surface area contributed by atoms with Crippen LogP contribution in [0.15, 0.2) is 33.7 Å². The van der Waals surface area contributed by atoms with Gasteiger partial charge in [-0.2, -0.15) is 0 Å². The molecule has 1 aliphatic rings. The molecule has 2 N–H and O–H groups in total. The van der Waals surface area contributed by atoms with Gasteiger partial charge in [-0.3, -0.25) is 9.59 Å². The largest absolute Gasteiger partial charge is 0.351 e. The number of aliphatic imine (C=N–C) groups is 1. The maximum atomic E-state index is 12.3. The van der Waals surface area contributed by atoms with Gasteiger partial charge in [0.2, 0.25) is 5.91 Å². The van der Waals surface area contributed by atoms with Gasteiger partial charge >= 0.3 is 0 Å². The summed E-state index contributed by atoms with van der Waals surface area (Å²) in [5, 5.41) is 6.11. The van der Waals surface area contributed by atoms with Crippen molar-refractivity contribution in [2.75, 3.05) is 5.75 Å². The highest BCUT2D eigenvalue weighted by molar-refractivity contribution is 9.10. The van der Waals surface area contributed by atoms with Crippen LogP contribution in [0, 0.1) is 0 Å². The Balaban J connectivity index is 2.06. The molecule has 0 aromatic heterocycles. The first-order chi connectivity index (χ1) is 10.6. The Morgan fingerprint density at radius 3 is 2.52 bits per heavy atom. The molecule has 1 heterocycles. The zero-order valence-corrected chi connectivity index (χ0v) is 16.0. The lowest BCUT2D eigenvalue weighted by molar-refractivity contribution is -0.123. The van der Waals surface area contributed by atoms with Crippen molar-refractivity contribution in [3.63, 3.8) is 0 Å². The van der Waals surface area contributed by atoms with E-state index >= 15 is 0 Å². The first-order valence-electron chi connectivity index (χ1n) is 7.21. The quantitative estimate of drug-likeness (QED) is 0.823. The Kier molecular flexibility index (Phi) is 5.20. The van der Waals surface area contributed by atoms with E-state index in [0.717, 1.165) is 10.0 Å². The number of rotatable bonds is 3. The van der Waals surface area contributed by atoms with Crippen molar-refractivity contribution in [2.45, 2.75) is 38.8 Å².